The zero-order valence-electron chi connectivity index (χ0n) is 13.1. The Morgan fingerprint density at radius 3 is 3.09 bits per heavy atom. The second-order valence-electron chi connectivity index (χ2n) is 5.65. The normalized spacial score (nSPS) is 19.4. The van der Waals surface area contributed by atoms with Gasteiger partial charge in [-0.3, -0.25) is 4.90 Å². The average Bonchev–Trinajstić information content (AvgIpc) is 3.20. The molecule has 0 unspecified atom stereocenters. The van der Waals surface area contributed by atoms with Gasteiger partial charge in [-0.1, -0.05) is 12.1 Å². The van der Waals surface area contributed by atoms with Crippen molar-refractivity contribution < 1.29 is 9.15 Å². The number of benzene rings is 1. The third-order valence-electron chi connectivity index (χ3n) is 4.12. The number of ether oxygens (including phenoxy) is 1. The van der Waals surface area contributed by atoms with Gasteiger partial charge in [0.1, 0.15) is 17.9 Å². The van der Waals surface area contributed by atoms with E-state index in [4.69, 9.17) is 9.15 Å². The Hall–Kier alpha value is -2.25. The van der Waals surface area contributed by atoms with Gasteiger partial charge in [0.15, 0.2) is 11.4 Å². The minimum Gasteiger partial charge on any atom is -0.439 e. The van der Waals surface area contributed by atoms with Crippen LogP contribution in [0.4, 0.5) is 0 Å². The van der Waals surface area contributed by atoms with Gasteiger partial charge in [-0.15, -0.1) is 10.2 Å². The molecule has 1 fully saturated rings. The van der Waals surface area contributed by atoms with Crippen LogP contribution in [0.3, 0.4) is 0 Å². The quantitative estimate of drug-likeness (QED) is 0.734. The summed E-state index contributed by atoms with van der Waals surface area (Å²) in [4.78, 5) is 6.83. The first kappa shape index (κ1) is 14.3. The molecule has 23 heavy (non-hydrogen) atoms. The van der Waals surface area contributed by atoms with Gasteiger partial charge in [-0.05, 0) is 19.1 Å². The highest BCUT2D eigenvalue weighted by molar-refractivity contribution is 5.72. The van der Waals surface area contributed by atoms with Gasteiger partial charge in [0.05, 0.1) is 13.2 Å². The predicted molar refractivity (Wildman–Crippen MR) is 83.7 cm³/mol. The molecule has 1 aromatic carbocycles. The van der Waals surface area contributed by atoms with Crippen LogP contribution in [0.25, 0.3) is 11.1 Å². The van der Waals surface area contributed by atoms with E-state index >= 15 is 0 Å². The molecule has 7 heteroatoms. The van der Waals surface area contributed by atoms with Gasteiger partial charge in [0.25, 0.3) is 0 Å². The maximum atomic E-state index is 5.88. The molecule has 3 aromatic rings. The van der Waals surface area contributed by atoms with Crippen LogP contribution in [0.15, 0.2) is 35.0 Å². The Kier molecular flexibility index (Phi) is 3.80. The molecule has 0 aliphatic carbocycles. The van der Waals surface area contributed by atoms with Crippen LogP contribution in [-0.4, -0.2) is 44.3 Å². The Bertz CT molecular complexity index is 763. The summed E-state index contributed by atoms with van der Waals surface area (Å²) in [5.41, 5.74) is 1.73. The first-order valence-corrected chi connectivity index (χ1v) is 7.89. The van der Waals surface area contributed by atoms with E-state index in [1.54, 1.807) is 6.33 Å². The van der Waals surface area contributed by atoms with E-state index in [1.807, 2.05) is 28.8 Å². The van der Waals surface area contributed by atoms with Crippen molar-refractivity contribution in [3.05, 3.63) is 42.3 Å². The third kappa shape index (κ3) is 2.85. The molecule has 0 radical (unpaired) electrons. The van der Waals surface area contributed by atoms with Crippen LogP contribution in [0, 0.1) is 0 Å². The summed E-state index contributed by atoms with van der Waals surface area (Å²) in [5.74, 6) is 1.62. The molecule has 7 nitrogen and oxygen atoms in total. The average molecular weight is 313 g/mol. The smallest absolute Gasteiger partial charge is 0.209 e. The van der Waals surface area contributed by atoms with E-state index in [0.717, 1.165) is 42.4 Å². The molecule has 0 spiro atoms. The lowest BCUT2D eigenvalue weighted by Crippen LogP contribution is -2.38. The molecule has 4 rings (SSSR count). The molecule has 0 saturated carbocycles. The topological polar surface area (TPSA) is 69.2 Å². The van der Waals surface area contributed by atoms with Gasteiger partial charge in [0.2, 0.25) is 5.89 Å². The number of fused-ring (bicyclic) bond motifs is 1. The summed E-state index contributed by atoms with van der Waals surface area (Å²) in [6.45, 7) is 5.88. The largest absolute Gasteiger partial charge is 0.439 e. The number of nitrogens with zero attached hydrogens (tertiary/aromatic N) is 5. The molecule has 0 amide bonds. The van der Waals surface area contributed by atoms with Crippen LogP contribution in [0.1, 0.15) is 24.7 Å². The molecular formula is C16H19N5O2. The zero-order valence-corrected chi connectivity index (χ0v) is 13.1. The molecule has 1 atom stereocenters. The van der Waals surface area contributed by atoms with E-state index < -0.39 is 0 Å². The summed E-state index contributed by atoms with van der Waals surface area (Å²) in [5, 5.41) is 8.20. The maximum Gasteiger partial charge on any atom is 0.209 e. The maximum absolute atomic E-state index is 5.88. The van der Waals surface area contributed by atoms with E-state index in [9.17, 15) is 0 Å². The predicted octanol–water partition coefficient (Wildman–Crippen LogP) is 2.01. The van der Waals surface area contributed by atoms with Crippen molar-refractivity contribution in [2.75, 3.05) is 19.7 Å². The number of rotatable bonds is 4. The van der Waals surface area contributed by atoms with Crippen molar-refractivity contribution in [1.82, 2.24) is 24.6 Å². The Balaban J connectivity index is 1.49. The van der Waals surface area contributed by atoms with Crippen LogP contribution in [0.5, 0.6) is 0 Å². The van der Waals surface area contributed by atoms with E-state index in [0.29, 0.717) is 13.2 Å². The molecule has 3 heterocycles. The second-order valence-corrected chi connectivity index (χ2v) is 5.65. The minimum atomic E-state index is -0.0596. The molecule has 2 aromatic heterocycles. The highest BCUT2D eigenvalue weighted by atomic mass is 16.5. The van der Waals surface area contributed by atoms with Crippen molar-refractivity contribution in [3.63, 3.8) is 0 Å². The van der Waals surface area contributed by atoms with Crippen LogP contribution in [0.2, 0.25) is 0 Å². The number of aryl methyl sites for hydroxylation is 1. The molecule has 120 valence electrons. The second kappa shape index (κ2) is 6.10. The zero-order chi connectivity index (χ0) is 15.6. The molecular weight excluding hydrogens is 294 g/mol. The summed E-state index contributed by atoms with van der Waals surface area (Å²) in [7, 11) is 0. The Morgan fingerprint density at radius 1 is 1.30 bits per heavy atom. The highest BCUT2D eigenvalue weighted by Crippen LogP contribution is 2.22. The van der Waals surface area contributed by atoms with Crippen molar-refractivity contribution in [2.45, 2.75) is 26.1 Å². The minimum absolute atomic E-state index is 0.0596. The number of morpholine rings is 1. The first-order chi connectivity index (χ1) is 11.3. The van der Waals surface area contributed by atoms with Gasteiger partial charge in [-0.25, -0.2) is 4.98 Å². The van der Waals surface area contributed by atoms with E-state index in [1.165, 1.54) is 0 Å². The molecule has 0 N–H and O–H groups in total. The standard InChI is InChI=1S/C16H19N5O2/c1-2-21-11-17-19-16(21)14-9-20(7-8-22-14)10-15-18-12-5-3-4-6-13(12)23-15/h3-6,11,14H,2,7-10H2,1H3/t14-/m1/s1. The molecule has 1 saturated heterocycles. The summed E-state index contributed by atoms with van der Waals surface area (Å²) in [6.07, 6.45) is 1.69. The van der Waals surface area contributed by atoms with Crippen LogP contribution < -0.4 is 0 Å². The summed E-state index contributed by atoms with van der Waals surface area (Å²) in [6, 6.07) is 7.84. The lowest BCUT2D eigenvalue weighted by molar-refractivity contribution is -0.0408. The summed E-state index contributed by atoms with van der Waals surface area (Å²) < 4.78 is 13.7. The monoisotopic (exact) mass is 313 g/mol. The molecule has 0 bridgehead atoms. The number of aromatic nitrogens is 4. The third-order valence-corrected chi connectivity index (χ3v) is 4.12. The Labute approximate surface area is 133 Å². The molecule has 1 aliphatic heterocycles. The fraction of sp³-hybridized carbons (Fsp3) is 0.438. The fourth-order valence-electron chi connectivity index (χ4n) is 2.94. The van der Waals surface area contributed by atoms with Crippen LogP contribution in [-0.2, 0) is 17.8 Å². The van der Waals surface area contributed by atoms with Gasteiger partial charge in [-0.2, -0.15) is 0 Å². The van der Waals surface area contributed by atoms with Crippen molar-refractivity contribution >= 4 is 11.1 Å². The number of hydrogen-bond acceptors (Lipinski definition) is 6. The number of hydrogen-bond donors (Lipinski definition) is 0. The van der Waals surface area contributed by atoms with Crippen molar-refractivity contribution in [2.24, 2.45) is 0 Å². The van der Waals surface area contributed by atoms with E-state index in [2.05, 4.69) is 27.0 Å². The fourth-order valence-corrected chi connectivity index (χ4v) is 2.94. The highest BCUT2D eigenvalue weighted by Gasteiger charge is 2.26. The lowest BCUT2D eigenvalue weighted by Gasteiger charge is -2.31. The van der Waals surface area contributed by atoms with Crippen molar-refractivity contribution in [3.8, 4) is 0 Å². The van der Waals surface area contributed by atoms with Crippen molar-refractivity contribution in [1.29, 1.82) is 0 Å². The number of oxazole rings is 1. The molecule has 1 aliphatic rings. The van der Waals surface area contributed by atoms with Gasteiger partial charge < -0.3 is 13.7 Å². The van der Waals surface area contributed by atoms with Crippen LogP contribution >= 0.6 is 0 Å². The summed E-state index contributed by atoms with van der Waals surface area (Å²) >= 11 is 0. The SMILES string of the molecule is CCn1cnnc1[C@H]1CN(Cc2nc3ccccc3o2)CCO1. The first-order valence-electron chi connectivity index (χ1n) is 7.89. The van der Waals surface area contributed by atoms with Gasteiger partial charge >= 0.3 is 0 Å². The van der Waals surface area contributed by atoms with E-state index in [-0.39, 0.29) is 6.10 Å². The number of para-hydroxylation sites is 2. The Morgan fingerprint density at radius 2 is 2.22 bits per heavy atom. The lowest BCUT2D eigenvalue weighted by atomic mass is 10.2. The van der Waals surface area contributed by atoms with Gasteiger partial charge in [0, 0.05) is 19.6 Å².